The summed E-state index contributed by atoms with van der Waals surface area (Å²) in [5.41, 5.74) is 1.86. The van der Waals surface area contributed by atoms with E-state index in [0.29, 0.717) is 12.5 Å². The molecule has 0 aliphatic rings. The second-order valence-corrected chi connectivity index (χ2v) is 3.50. The summed E-state index contributed by atoms with van der Waals surface area (Å²) in [7, 11) is 3.10. The van der Waals surface area contributed by atoms with Crippen molar-refractivity contribution in [2.75, 3.05) is 20.8 Å². The molecule has 0 amide bonds. The van der Waals surface area contributed by atoms with Gasteiger partial charge in [0.25, 0.3) is 0 Å². The molecule has 3 nitrogen and oxygen atoms in total. The highest BCUT2D eigenvalue weighted by molar-refractivity contribution is 6.17. The lowest BCUT2D eigenvalue weighted by atomic mass is 10.1. The van der Waals surface area contributed by atoms with E-state index in [-0.39, 0.29) is 0 Å². The van der Waals surface area contributed by atoms with Gasteiger partial charge in [0.15, 0.2) is 0 Å². The van der Waals surface area contributed by atoms with Crippen LogP contribution in [0.15, 0.2) is 24.3 Å². The Labute approximate surface area is 101 Å². The smallest absolute Gasteiger partial charge is 0.311 e. The summed E-state index contributed by atoms with van der Waals surface area (Å²) in [4.78, 5) is 0. The fraction of sp³-hybridized carbons (Fsp3) is 0.500. The lowest BCUT2D eigenvalue weighted by Gasteiger charge is -2.30. The van der Waals surface area contributed by atoms with Gasteiger partial charge in [-0.3, -0.25) is 0 Å². The zero-order valence-electron chi connectivity index (χ0n) is 9.83. The number of alkyl halides is 1. The van der Waals surface area contributed by atoms with Crippen molar-refractivity contribution in [3.8, 4) is 0 Å². The molecule has 0 N–H and O–H groups in total. The molecule has 0 aliphatic carbocycles. The van der Waals surface area contributed by atoms with Crippen molar-refractivity contribution in [1.29, 1.82) is 0 Å². The van der Waals surface area contributed by atoms with Crippen LogP contribution in [0.1, 0.15) is 18.1 Å². The van der Waals surface area contributed by atoms with Crippen molar-refractivity contribution < 1.29 is 14.2 Å². The molecule has 0 saturated heterocycles. The van der Waals surface area contributed by atoms with Gasteiger partial charge in [-0.2, -0.15) is 0 Å². The Morgan fingerprint density at radius 1 is 1.12 bits per heavy atom. The van der Waals surface area contributed by atoms with Gasteiger partial charge in [-0.15, -0.1) is 11.6 Å². The molecule has 0 saturated carbocycles. The standard InChI is InChI=1S/C12H17ClO3/c1-4-16-12(14-2,15-3)11-7-5-10(9-13)6-8-11/h5-8H,4,9H2,1-3H3. The Kier molecular flexibility index (Phi) is 5.22. The molecule has 0 fully saturated rings. The highest BCUT2D eigenvalue weighted by atomic mass is 35.5. The second-order valence-electron chi connectivity index (χ2n) is 3.23. The van der Waals surface area contributed by atoms with E-state index < -0.39 is 5.97 Å². The number of benzene rings is 1. The number of hydrogen-bond donors (Lipinski definition) is 0. The lowest BCUT2D eigenvalue weighted by Crippen LogP contribution is -2.34. The van der Waals surface area contributed by atoms with Gasteiger partial charge in [-0.25, -0.2) is 0 Å². The molecule has 16 heavy (non-hydrogen) atoms. The molecule has 0 atom stereocenters. The Bertz CT molecular complexity index is 307. The average molecular weight is 245 g/mol. The molecule has 1 aromatic carbocycles. The highest BCUT2D eigenvalue weighted by Gasteiger charge is 2.33. The van der Waals surface area contributed by atoms with Gasteiger partial charge in [-0.05, 0) is 12.5 Å². The molecule has 1 aromatic rings. The summed E-state index contributed by atoms with van der Waals surface area (Å²) < 4.78 is 16.1. The van der Waals surface area contributed by atoms with Gasteiger partial charge in [0.2, 0.25) is 0 Å². The van der Waals surface area contributed by atoms with Crippen LogP contribution in [0.3, 0.4) is 0 Å². The van der Waals surface area contributed by atoms with E-state index in [0.717, 1.165) is 11.1 Å². The summed E-state index contributed by atoms with van der Waals surface area (Å²) in [6, 6.07) is 7.63. The molecule has 1 rings (SSSR count). The molecule has 0 unspecified atom stereocenters. The number of rotatable bonds is 6. The fourth-order valence-electron chi connectivity index (χ4n) is 1.51. The van der Waals surface area contributed by atoms with Gasteiger partial charge in [-0.1, -0.05) is 24.3 Å². The molecular formula is C12H17ClO3. The van der Waals surface area contributed by atoms with Crippen LogP contribution in [0.25, 0.3) is 0 Å². The molecule has 0 radical (unpaired) electrons. The maximum absolute atomic E-state index is 5.73. The first-order chi connectivity index (χ1) is 7.72. The topological polar surface area (TPSA) is 27.7 Å². The predicted molar refractivity (Wildman–Crippen MR) is 63.3 cm³/mol. The first-order valence-electron chi connectivity index (χ1n) is 5.12. The number of halogens is 1. The van der Waals surface area contributed by atoms with Crippen LogP contribution in [-0.4, -0.2) is 20.8 Å². The first-order valence-corrected chi connectivity index (χ1v) is 5.65. The van der Waals surface area contributed by atoms with E-state index >= 15 is 0 Å². The Morgan fingerprint density at radius 2 is 1.69 bits per heavy atom. The predicted octanol–water partition coefficient (Wildman–Crippen LogP) is 2.87. The molecule has 0 aliphatic heterocycles. The van der Waals surface area contributed by atoms with Crippen LogP contribution in [0, 0.1) is 0 Å². The van der Waals surface area contributed by atoms with Crippen LogP contribution in [0.2, 0.25) is 0 Å². The molecular weight excluding hydrogens is 228 g/mol. The minimum Gasteiger partial charge on any atom is -0.327 e. The zero-order valence-corrected chi connectivity index (χ0v) is 10.6. The number of hydrogen-bond acceptors (Lipinski definition) is 3. The summed E-state index contributed by atoms with van der Waals surface area (Å²) >= 11 is 5.73. The van der Waals surface area contributed by atoms with Crippen molar-refractivity contribution in [3.63, 3.8) is 0 Å². The van der Waals surface area contributed by atoms with Crippen LogP contribution in [0.5, 0.6) is 0 Å². The Morgan fingerprint density at radius 3 is 2.06 bits per heavy atom. The number of methoxy groups -OCH3 is 2. The number of ether oxygens (including phenoxy) is 3. The lowest BCUT2D eigenvalue weighted by molar-refractivity contribution is -0.373. The average Bonchev–Trinajstić information content (AvgIpc) is 2.36. The summed E-state index contributed by atoms with van der Waals surface area (Å²) in [6.45, 7) is 2.39. The van der Waals surface area contributed by atoms with Crippen LogP contribution in [0.4, 0.5) is 0 Å². The van der Waals surface area contributed by atoms with Gasteiger partial charge >= 0.3 is 5.97 Å². The van der Waals surface area contributed by atoms with Crippen molar-refractivity contribution in [1.82, 2.24) is 0 Å². The van der Waals surface area contributed by atoms with E-state index in [1.807, 2.05) is 31.2 Å². The molecule has 90 valence electrons. The fourth-order valence-corrected chi connectivity index (χ4v) is 1.69. The van der Waals surface area contributed by atoms with Crippen molar-refractivity contribution >= 4 is 11.6 Å². The van der Waals surface area contributed by atoms with Gasteiger partial charge in [0, 0.05) is 32.3 Å². The Balaban J connectivity index is 3.00. The Hall–Kier alpha value is -0.610. The normalized spacial score (nSPS) is 11.8. The van der Waals surface area contributed by atoms with E-state index in [2.05, 4.69) is 0 Å². The third-order valence-electron chi connectivity index (χ3n) is 2.33. The van der Waals surface area contributed by atoms with Crippen molar-refractivity contribution in [2.45, 2.75) is 18.8 Å². The van der Waals surface area contributed by atoms with E-state index in [1.54, 1.807) is 14.2 Å². The molecule has 0 spiro atoms. The van der Waals surface area contributed by atoms with E-state index in [1.165, 1.54) is 0 Å². The van der Waals surface area contributed by atoms with Crippen molar-refractivity contribution in [3.05, 3.63) is 35.4 Å². The minimum atomic E-state index is -1.13. The molecule has 0 heterocycles. The van der Waals surface area contributed by atoms with Gasteiger partial charge in [0.1, 0.15) is 0 Å². The monoisotopic (exact) mass is 244 g/mol. The van der Waals surface area contributed by atoms with Crippen LogP contribution in [-0.2, 0) is 26.1 Å². The third kappa shape index (κ3) is 2.74. The zero-order chi connectivity index (χ0) is 12.0. The van der Waals surface area contributed by atoms with Crippen molar-refractivity contribution in [2.24, 2.45) is 0 Å². The third-order valence-corrected chi connectivity index (χ3v) is 2.64. The molecule has 0 aromatic heterocycles. The molecule has 0 bridgehead atoms. The minimum absolute atomic E-state index is 0.488. The first kappa shape index (κ1) is 13.5. The summed E-state index contributed by atoms with van der Waals surface area (Å²) in [5, 5.41) is 0. The van der Waals surface area contributed by atoms with E-state index in [9.17, 15) is 0 Å². The second kappa shape index (κ2) is 6.21. The quantitative estimate of drug-likeness (QED) is 0.569. The van der Waals surface area contributed by atoms with Crippen LogP contribution >= 0.6 is 11.6 Å². The molecule has 4 heteroatoms. The maximum atomic E-state index is 5.73. The summed E-state index contributed by atoms with van der Waals surface area (Å²) in [5.74, 6) is -0.637. The SMILES string of the molecule is CCOC(OC)(OC)c1ccc(CCl)cc1. The van der Waals surface area contributed by atoms with Gasteiger partial charge in [0.05, 0.1) is 0 Å². The highest BCUT2D eigenvalue weighted by Crippen LogP contribution is 2.27. The largest absolute Gasteiger partial charge is 0.327 e. The summed E-state index contributed by atoms with van der Waals surface area (Å²) in [6.07, 6.45) is 0. The maximum Gasteiger partial charge on any atom is 0.311 e. The van der Waals surface area contributed by atoms with Gasteiger partial charge < -0.3 is 14.2 Å². The van der Waals surface area contributed by atoms with Crippen LogP contribution < -0.4 is 0 Å². The van der Waals surface area contributed by atoms with E-state index in [4.69, 9.17) is 25.8 Å².